The van der Waals surface area contributed by atoms with E-state index < -0.39 is 0 Å². The highest BCUT2D eigenvalue weighted by Gasteiger charge is 2.16. The summed E-state index contributed by atoms with van der Waals surface area (Å²) < 4.78 is 13.9. The van der Waals surface area contributed by atoms with Crippen LogP contribution in [-0.4, -0.2) is 40.0 Å². The molecule has 0 radical (unpaired) electrons. The van der Waals surface area contributed by atoms with Crippen LogP contribution in [0.5, 0.6) is 11.5 Å². The number of hydrogen-bond donors (Lipinski definition) is 2. The third-order valence-corrected chi connectivity index (χ3v) is 5.72. The molecule has 0 amide bonds. The Morgan fingerprint density at radius 1 is 1.15 bits per heavy atom. The standard InChI is InChI=1S/C25H32N6O2/c1-18-11-12-20(23(14-18)33-21-8-5-4-6-9-21)15-26-25(27-16-22-10-7-13-32-22)28-17-24-30-29-19(2)31(24)3/h4-6,8-9,11-12,14,22H,7,10,13,15-17H2,1-3H3,(H2,26,27,28). The first-order valence-corrected chi connectivity index (χ1v) is 11.4. The fourth-order valence-corrected chi connectivity index (χ4v) is 3.63. The minimum Gasteiger partial charge on any atom is -0.457 e. The van der Waals surface area contributed by atoms with Crippen LogP contribution in [-0.2, 0) is 24.9 Å². The molecular weight excluding hydrogens is 416 g/mol. The van der Waals surface area contributed by atoms with E-state index >= 15 is 0 Å². The molecule has 0 aliphatic carbocycles. The zero-order chi connectivity index (χ0) is 23.0. The van der Waals surface area contributed by atoms with Crippen molar-refractivity contribution in [1.82, 2.24) is 25.4 Å². The molecule has 3 aromatic rings. The monoisotopic (exact) mass is 448 g/mol. The molecule has 8 heteroatoms. The summed E-state index contributed by atoms with van der Waals surface area (Å²) in [5.41, 5.74) is 2.15. The molecule has 174 valence electrons. The van der Waals surface area contributed by atoms with E-state index in [2.05, 4.69) is 39.9 Å². The third kappa shape index (κ3) is 6.32. The molecule has 0 spiro atoms. The topological polar surface area (TPSA) is 85.6 Å². The number of para-hydroxylation sites is 1. The van der Waals surface area contributed by atoms with E-state index in [9.17, 15) is 0 Å². The highest BCUT2D eigenvalue weighted by atomic mass is 16.5. The largest absolute Gasteiger partial charge is 0.457 e. The van der Waals surface area contributed by atoms with Gasteiger partial charge in [-0.25, -0.2) is 4.99 Å². The minimum atomic E-state index is 0.213. The van der Waals surface area contributed by atoms with Crippen molar-refractivity contribution < 1.29 is 9.47 Å². The molecule has 0 saturated carbocycles. The number of aliphatic imine (C=N–C) groups is 1. The number of nitrogens with one attached hydrogen (secondary N) is 2. The minimum absolute atomic E-state index is 0.213. The predicted molar refractivity (Wildman–Crippen MR) is 128 cm³/mol. The molecule has 1 saturated heterocycles. The third-order valence-electron chi connectivity index (χ3n) is 5.72. The van der Waals surface area contributed by atoms with Crippen molar-refractivity contribution in [2.45, 2.75) is 45.9 Å². The van der Waals surface area contributed by atoms with Gasteiger partial charge in [0, 0.05) is 25.8 Å². The Morgan fingerprint density at radius 2 is 2.00 bits per heavy atom. The Morgan fingerprint density at radius 3 is 2.73 bits per heavy atom. The first kappa shape index (κ1) is 22.8. The molecule has 2 N–H and O–H groups in total. The van der Waals surface area contributed by atoms with Crippen molar-refractivity contribution >= 4 is 5.96 Å². The van der Waals surface area contributed by atoms with Gasteiger partial charge in [-0.05, 0) is 50.5 Å². The van der Waals surface area contributed by atoms with E-state index in [0.29, 0.717) is 25.6 Å². The van der Waals surface area contributed by atoms with Gasteiger partial charge < -0.3 is 24.7 Å². The Kier molecular flexibility index (Phi) is 7.57. The van der Waals surface area contributed by atoms with Crippen LogP contribution in [0.4, 0.5) is 0 Å². The lowest BCUT2D eigenvalue weighted by Gasteiger charge is -2.16. The summed E-state index contributed by atoms with van der Waals surface area (Å²) in [7, 11) is 1.96. The molecule has 1 aliphatic rings. The molecule has 1 atom stereocenters. The maximum absolute atomic E-state index is 6.16. The second-order valence-corrected chi connectivity index (χ2v) is 8.28. The van der Waals surface area contributed by atoms with Crippen molar-refractivity contribution in [3.63, 3.8) is 0 Å². The molecule has 8 nitrogen and oxygen atoms in total. The summed E-state index contributed by atoms with van der Waals surface area (Å²) in [5.74, 6) is 4.05. The quantitative estimate of drug-likeness (QED) is 0.404. The van der Waals surface area contributed by atoms with Gasteiger partial charge in [-0.2, -0.15) is 0 Å². The van der Waals surface area contributed by atoms with Gasteiger partial charge >= 0.3 is 0 Å². The summed E-state index contributed by atoms with van der Waals surface area (Å²) in [5, 5.41) is 15.2. The maximum Gasteiger partial charge on any atom is 0.192 e. The zero-order valence-electron chi connectivity index (χ0n) is 19.5. The highest BCUT2D eigenvalue weighted by molar-refractivity contribution is 5.79. The van der Waals surface area contributed by atoms with E-state index in [-0.39, 0.29) is 6.10 Å². The van der Waals surface area contributed by atoms with Gasteiger partial charge in [0.05, 0.1) is 19.2 Å². The molecule has 1 aliphatic heterocycles. The summed E-state index contributed by atoms with van der Waals surface area (Å²) in [6.45, 7) is 6.53. The smallest absolute Gasteiger partial charge is 0.192 e. The zero-order valence-corrected chi connectivity index (χ0v) is 19.5. The number of aryl methyl sites for hydroxylation is 2. The van der Waals surface area contributed by atoms with Gasteiger partial charge in [0.25, 0.3) is 0 Å². The molecule has 1 aromatic heterocycles. The maximum atomic E-state index is 6.16. The van der Waals surface area contributed by atoms with E-state index in [1.165, 1.54) is 0 Å². The van der Waals surface area contributed by atoms with E-state index in [1.807, 2.05) is 54.9 Å². The van der Waals surface area contributed by atoms with Gasteiger partial charge in [0.2, 0.25) is 0 Å². The van der Waals surface area contributed by atoms with Crippen LogP contribution >= 0.6 is 0 Å². The van der Waals surface area contributed by atoms with E-state index in [0.717, 1.165) is 53.7 Å². The lowest BCUT2D eigenvalue weighted by atomic mass is 10.1. The Hall–Kier alpha value is -3.39. The van der Waals surface area contributed by atoms with Crippen LogP contribution in [0.15, 0.2) is 53.5 Å². The van der Waals surface area contributed by atoms with E-state index in [1.54, 1.807) is 0 Å². The lowest BCUT2D eigenvalue weighted by molar-refractivity contribution is 0.113. The fraction of sp³-hybridized carbons (Fsp3) is 0.400. The van der Waals surface area contributed by atoms with Crippen molar-refractivity contribution in [1.29, 1.82) is 0 Å². The molecule has 1 unspecified atom stereocenters. The Balaban J connectivity index is 1.49. The van der Waals surface area contributed by atoms with Crippen LogP contribution in [0.3, 0.4) is 0 Å². The second-order valence-electron chi connectivity index (χ2n) is 8.28. The van der Waals surface area contributed by atoms with Crippen molar-refractivity contribution in [2.75, 3.05) is 13.2 Å². The van der Waals surface area contributed by atoms with Crippen LogP contribution in [0.2, 0.25) is 0 Å². The number of aromatic nitrogens is 3. The molecule has 0 bridgehead atoms. The summed E-state index contributed by atoms with van der Waals surface area (Å²) in [4.78, 5) is 4.84. The fourth-order valence-electron chi connectivity index (χ4n) is 3.63. The number of hydrogen-bond acceptors (Lipinski definition) is 5. The molecule has 1 fully saturated rings. The summed E-state index contributed by atoms with van der Waals surface area (Å²) >= 11 is 0. The van der Waals surface area contributed by atoms with Gasteiger partial charge in [-0.15, -0.1) is 10.2 Å². The molecule has 33 heavy (non-hydrogen) atoms. The number of ether oxygens (including phenoxy) is 2. The van der Waals surface area contributed by atoms with Crippen molar-refractivity contribution in [2.24, 2.45) is 12.0 Å². The normalized spacial score (nSPS) is 16.1. The first-order valence-electron chi connectivity index (χ1n) is 11.4. The lowest BCUT2D eigenvalue weighted by Crippen LogP contribution is -2.41. The predicted octanol–water partition coefficient (Wildman–Crippen LogP) is 3.64. The van der Waals surface area contributed by atoms with Gasteiger partial charge in [-0.3, -0.25) is 0 Å². The van der Waals surface area contributed by atoms with Crippen LogP contribution < -0.4 is 15.4 Å². The summed E-state index contributed by atoms with van der Waals surface area (Å²) in [6, 6.07) is 16.0. The van der Waals surface area contributed by atoms with Gasteiger partial charge in [0.1, 0.15) is 17.3 Å². The number of rotatable bonds is 8. The molecule has 2 aromatic carbocycles. The molecular formula is C25H32N6O2. The molecule has 2 heterocycles. The second kappa shape index (κ2) is 11.0. The number of guanidine groups is 1. The van der Waals surface area contributed by atoms with Crippen LogP contribution in [0.1, 0.15) is 35.6 Å². The van der Waals surface area contributed by atoms with Crippen LogP contribution in [0, 0.1) is 13.8 Å². The Labute approximate surface area is 195 Å². The van der Waals surface area contributed by atoms with Crippen LogP contribution in [0.25, 0.3) is 0 Å². The van der Waals surface area contributed by atoms with Gasteiger partial charge in [-0.1, -0.05) is 30.3 Å². The SMILES string of the molecule is Cc1ccc(CN=C(NCc2nnc(C)n2C)NCC2CCCO2)c(Oc2ccccc2)c1. The van der Waals surface area contributed by atoms with E-state index in [4.69, 9.17) is 14.5 Å². The summed E-state index contributed by atoms with van der Waals surface area (Å²) in [6.07, 6.45) is 2.38. The first-order chi connectivity index (χ1) is 16.1. The van der Waals surface area contributed by atoms with Crippen molar-refractivity contribution in [3.05, 3.63) is 71.3 Å². The average Bonchev–Trinajstić information content (AvgIpc) is 3.45. The van der Waals surface area contributed by atoms with Gasteiger partial charge in [0.15, 0.2) is 11.8 Å². The number of benzene rings is 2. The van der Waals surface area contributed by atoms with Crippen molar-refractivity contribution in [3.8, 4) is 11.5 Å². The molecule has 4 rings (SSSR count). The highest BCUT2D eigenvalue weighted by Crippen LogP contribution is 2.27. The number of nitrogens with zero attached hydrogens (tertiary/aromatic N) is 4. The average molecular weight is 449 g/mol. The Bertz CT molecular complexity index is 1070.